The Morgan fingerprint density at radius 1 is 1.09 bits per heavy atom. The lowest BCUT2D eigenvalue weighted by molar-refractivity contribution is -0.141. The van der Waals surface area contributed by atoms with Crippen molar-refractivity contribution in [2.45, 2.75) is 23.6 Å². The van der Waals surface area contributed by atoms with E-state index in [4.69, 9.17) is 4.74 Å². The van der Waals surface area contributed by atoms with Crippen LogP contribution in [0.4, 0.5) is 4.39 Å². The molecule has 0 N–H and O–H groups in total. The Morgan fingerprint density at radius 2 is 1.76 bits per heavy atom. The number of ether oxygens (including phenoxy) is 1. The topological polar surface area (TPSA) is 89.2 Å². The zero-order chi connectivity index (χ0) is 24.5. The maximum Gasteiger partial charge on any atom is 0.325 e. The molecule has 0 fully saturated rings. The first kappa shape index (κ1) is 23.2. The van der Waals surface area contributed by atoms with E-state index in [2.05, 4.69) is 0 Å². The van der Waals surface area contributed by atoms with Crippen LogP contribution in [0, 0.1) is 24.1 Å². The van der Waals surface area contributed by atoms with Crippen LogP contribution in [0.5, 0.6) is 0 Å². The molecule has 0 radical (unpaired) electrons. The molecule has 0 spiro atoms. The van der Waals surface area contributed by atoms with Gasteiger partial charge in [0.1, 0.15) is 17.6 Å². The number of halogens is 1. The molecule has 6 nitrogen and oxygen atoms in total. The monoisotopic (exact) mass is 476 g/mol. The smallest absolute Gasteiger partial charge is 0.325 e. The Kier molecular flexibility index (Phi) is 6.22. The molecule has 0 aliphatic rings. The number of carbonyl (C=O) groups is 1. The molecule has 1 aromatic heterocycles. The molecule has 0 aliphatic heterocycles. The van der Waals surface area contributed by atoms with Crippen LogP contribution in [0.2, 0.25) is 0 Å². The molecule has 0 amide bonds. The third-order valence-corrected chi connectivity index (χ3v) is 7.89. The van der Waals surface area contributed by atoms with Gasteiger partial charge in [-0.1, -0.05) is 30.3 Å². The Bertz CT molecular complexity index is 1520. The second-order valence-corrected chi connectivity index (χ2v) is 9.83. The maximum atomic E-state index is 14.4. The zero-order valence-electron chi connectivity index (χ0n) is 18.5. The molecule has 1 atom stereocenters. The molecule has 8 heteroatoms. The molecular weight excluding hydrogens is 455 g/mol. The SMILES string of the molecule is COC(=O)Cn1c(C)c(C(c2ccc(C#N)cc2)S(=O)(=O)c2ccccc2)c2cc(F)ccc21. The van der Waals surface area contributed by atoms with Crippen molar-refractivity contribution in [2.75, 3.05) is 7.11 Å². The fraction of sp³-hybridized carbons (Fsp3) is 0.154. The lowest BCUT2D eigenvalue weighted by atomic mass is 10.0. The lowest BCUT2D eigenvalue weighted by Gasteiger charge is -2.20. The van der Waals surface area contributed by atoms with Crippen LogP contribution >= 0.6 is 0 Å². The summed E-state index contributed by atoms with van der Waals surface area (Å²) in [7, 11) is -2.74. The molecule has 0 bridgehead atoms. The van der Waals surface area contributed by atoms with Crippen LogP contribution in [0.25, 0.3) is 10.9 Å². The molecule has 4 rings (SSSR count). The average Bonchev–Trinajstić information content (AvgIpc) is 3.10. The van der Waals surface area contributed by atoms with E-state index in [9.17, 15) is 22.9 Å². The van der Waals surface area contributed by atoms with Gasteiger partial charge in [0, 0.05) is 22.2 Å². The van der Waals surface area contributed by atoms with Gasteiger partial charge in [-0.25, -0.2) is 12.8 Å². The van der Waals surface area contributed by atoms with Gasteiger partial charge < -0.3 is 9.30 Å². The summed E-state index contributed by atoms with van der Waals surface area (Å²) in [6, 6.07) is 20.4. The normalized spacial score (nSPS) is 12.3. The van der Waals surface area contributed by atoms with Crippen LogP contribution < -0.4 is 0 Å². The number of aromatic nitrogens is 1. The summed E-state index contributed by atoms with van der Waals surface area (Å²) < 4.78 is 48.8. The fourth-order valence-corrected chi connectivity index (χ4v) is 6.12. The van der Waals surface area contributed by atoms with E-state index in [-0.39, 0.29) is 11.4 Å². The molecule has 34 heavy (non-hydrogen) atoms. The maximum absolute atomic E-state index is 14.4. The highest BCUT2D eigenvalue weighted by molar-refractivity contribution is 7.92. The number of nitrogens with zero attached hydrogens (tertiary/aromatic N) is 2. The van der Waals surface area contributed by atoms with Crippen molar-refractivity contribution in [2.24, 2.45) is 0 Å². The predicted octanol–water partition coefficient (Wildman–Crippen LogP) is 4.70. The third kappa shape index (κ3) is 4.06. The van der Waals surface area contributed by atoms with Crippen molar-refractivity contribution in [3.8, 4) is 6.07 Å². The van der Waals surface area contributed by atoms with Gasteiger partial charge in [0.15, 0.2) is 9.84 Å². The Morgan fingerprint density at radius 3 is 2.38 bits per heavy atom. The zero-order valence-corrected chi connectivity index (χ0v) is 19.3. The van der Waals surface area contributed by atoms with Crippen LogP contribution in [-0.2, 0) is 25.9 Å². The number of esters is 1. The summed E-state index contributed by atoms with van der Waals surface area (Å²) in [6.45, 7) is 1.54. The minimum atomic E-state index is -4.01. The van der Waals surface area contributed by atoms with Crippen molar-refractivity contribution in [1.82, 2.24) is 4.57 Å². The highest BCUT2D eigenvalue weighted by Crippen LogP contribution is 2.42. The predicted molar refractivity (Wildman–Crippen MR) is 125 cm³/mol. The van der Waals surface area contributed by atoms with Gasteiger partial charge in [-0.2, -0.15) is 5.26 Å². The first-order valence-electron chi connectivity index (χ1n) is 10.4. The molecule has 1 heterocycles. The van der Waals surface area contributed by atoms with Crippen molar-refractivity contribution in [3.63, 3.8) is 0 Å². The summed E-state index contributed by atoms with van der Waals surface area (Å²) >= 11 is 0. The number of hydrogen-bond donors (Lipinski definition) is 0. The summed E-state index contributed by atoms with van der Waals surface area (Å²) in [5, 5.41) is 8.37. The highest BCUT2D eigenvalue weighted by atomic mass is 32.2. The van der Waals surface area contributed by atoms with Crippen molar-refractivity contribution >= 4 is 26.7 Å². The van der Waals surface area contributed by atoms with E-state index < -0.39 is 26.9 Å². The molecule has 172 valence electrons. The Labute approximate surface area is 196 Å². The van der Waals surface area contributed by atoms with E-state index in [1.165, 1.54) is 37.4 Å². The van der Waals surface area contributed by atoms with Crippen LogP contribution in [-0.4, -0.2) is 26.1 Å². The number of carbonyl (C=O) groups excluding carboxylic acids is 1. The van der Waals surface area contributed by atoms with Gasteiger partial charge in [-0.3, -0.25) is 4.79 Å². The highest BCUT2D eigenvalue weighted by Gasteiger charge is 2.35. The number of methoxy groups -OCH3 is 1. The molecule has 0 saturated carbocycles. The summed E-state index contributed by atoms with van der Waals surface area (Å²) in [4.78, 5) is 12.2. The number of sulfone groups is 1. The van der Waals surface area contributed by atoms with Crippen LogP contribution in [0.3, 0.4) is 0 Å². The van der Waals surface area contributed by atoms with Crippen molar-refractivity contribution in [3.05, 3.63) is 101 Å². The number of fused-ring (bicyclic) bond motifs is 1. The Balaban J connectivity index is 2.07. The minimum Gasteiger partial charge on any atom is -0.468 e. The van der Waals surface area contributed by atoms with E-state index >= 15 is 0 Å². The number of rotatable bonds is 6. The molecule has 1 unspecified atom stereocenters. The van der Waals surface area contributed by atoms with Crippen LogP contribution in [0.15, 0.2) is 77.7 Å². The largest absolute Gasteiger partial charge is 0.468 e. The Hall–Kier alpha value is -3.96. The van der Waals surface area contributed by atoms with Gasteiger partial charge in [0.2, 0.25) is 0 Å². The average molecular weight is 477 g/mol. The summed E-state index contributed by atoms with van der Waals surface area (Å²) in [5.74, 6) is -1.05. The molecule has 3 aromatic carbocycles. The quantitative estimate of drug-likeness (QED) is 0.377. The second-order valence-electron chi connectivity index (χ2n) is 7.79. The number of benzene rings is 3. The van der Waals surface area contributed by atoms with E-state index in [1.807, 2.05) is 6.07 Å². The van der Waals surface area contributed by atoms with E-state index in [0.717, 1.165) is 0 Å². The molecule has 4 aromatic rings. The van der Waals surface area contributed by atoms with E-state index in [1.54, 1.807) is 54.0 Å². The number of hydrogen-bond acceptors (Lipinski definition) is 5. The van der Waals surface area contributed by atoms with Gasteiger partial charge >= 0.3 is 5.97 Å². The van der Waals surface area contributed by atoms with Gasteiger partial charge in [0.05, 0.1) is 23.6 Å². The minimum absolute atomic E-state index is 0.106. The van der Waals surface area contributed by atoms with Gasteiger partial charge in [-0.15, -0.1) is 0 Å². The summed E-state index contributed by atoms with van der Waals surface area (Å²) in [5.41, 5.74) is 2.19. The standard InChI is InChI=1S/C26H21FN2O4S/c1-17-25(22-14-20(27)12-13-23(22)29(17)16-24(30)33-2)26(19-10-8-18(15-28)9-11-19)34(31,32)21-6-4-3-5-7-21/h3-14,26H,16H2,1-2H3. The van der Waals surface area contributed by atoms with Gasteiger partial charge in [-0.05, 0) is 55.0 Å². The number of nitriles is 1. The molecule has 0 aliphatic carbocycles. The van der Waals surface area contributed by atoms with Gasteiger partial charge in [0.25, 0.3) is 0 Å². The summed E-state index contributed by atoms with van der Waals surface area (Å²) in [6.07, 6.45) is 0. The van der Waals surface area contributed by atoms with Crippen LogP contribution in [0.1, 0.15) is 27.6 Å². The lowest BCUT2D eigenvalue weighted by Crippen LogP contribution is -2.17. The first-order chi connectivity index (χ1) is 16.3. The fourth-order valence-electron chi connectivity index (χ4n) is 4.19. The third-order valence-electron chi connectivity index (χ3n) is 5.84. The second kappa shape index (κ2) is 9.12. The molecular formula is C26H21FN2O4S. The van der Waals surface area contributed by atoms with Crippen molar-refractivity contribution < 1.29 is 22.3 Å². The van der Waals surface area contributed by atoms with Crippen molar-refractivity contribution in [1.29, 1.82) is 5.26 Å². The van der Waals surface area contributed by atoms with E-state index in [0.29, 0.717) is 33.3 Å². The first-order valence-corrected chi connectivity index (χ1v) is 12.0. The molecule has 0 saturated heterocycles.